The molecule has 0 unspecified atom stereocenters. The summed E-state index contributed by atoms with van der Waals surface area (Å²) in [4.78, 5) is 0. The molecule has 0 rings (SSSR count). The smallest absolute Gasteiger partial charge is 0.184 e. The molecule has 2 heteroatoms. The van der Waals surface area contributed by atoms with E-state index < -0.39 is 0 Å². The quantitative estimate of drug-likeness (QED) is 0.463. The Bertz CT molecular complexity index is 178. The van der Waals surface area contributed by atoms with Gasteiger partial charge in [-0.15, -0.1) is 0 Å². The first-order chi connectivity index (χ1) is 5.85. The summed E-state index contributed by atoms with van der Waals surface area (Å²) in [6, 6.07) is 0. The summed E-state index contributed by atoms with van der Waals surface area (Å²) in [5.41, 5.74) is 5.63. The predicted octanol–water partition coefficient (Wildman–Crippen LogP) is 2.27. The van der Waals surface area contributed by atoms with Crippen molar-refractivity contribution in [1.29, 1.82) is 0 Å². The molecule has 0 aromatic carbocycles. The van der Waals surface area contributed by atoms with E-state index in [1.807, 2.05) is 20.8 Å². The summed E-state index contributed by atoms with van der Waals surface area (Å²) in [6.45, 7) is 7.02. The summed E-state index contributed by atoms with van der Waals surface area (Å²) < 4.78 is 10.5. The van der Waals surface area contributed by atoms with Crippen LogP contribution in [0, 0.1) is 0 Å². The maximum atomic E-state index is 5.23. The van der Waals surface area contributed by atoms with Gasteiger partial charge < -0.3 is 9.47 Å². The third-order valence-corrected chi connectivity index (χ3v) is 1.11. The lowest BCUT2D eigenvalue weighted by molar-refractivity contribution is -0.103. The van der Waals surface area contributed by atoms with Gasteiger partial charge in [0, 0.05) is 19.3 Å². The van der Waals surface area contributed by atoms with E-state index in [9.17, 15) is 0 Å². The number of ether oxygens (including phenoxy) is 2. The average Bonchev–Trinajstić information content (AvgIpc) is 2.06. The van der Waals surface area contributed by atoms with Gasteiger partial charge >= 0.3 is 0 Å². The number of rotatable bonds is 5. The number of hydrogen-bond acceptors (Lipinski definition) is 2. The van der Waals surface area contributed by atoms with Gasteiger partial charge in [0.1, 0.15) is 0 Å². The van der Waals surface area contributed by atoms with Crippen LogP contribution in [0.1, 0.15) is 20.8 Å². The molecule has 0 bridgehead atoms. The van der Waals surface area contributed by atoms with Crippen LogP contribution in [0.2, 0.25) is 0 Å². The summed E-state index contributed by atoms with van der Waals surface area (Å²) >= 11 is 0. The summed E-state index contributed by atoms with van der Waals surface area (Å²) in [5, 5.41) is 0. The molecule has 0 spiro atoms. The fraction of sp³-hybridized carbons (Fsp3) is 0.600. The lowest BCUT2D eigenvalue weighted by atomic mass is 10.5. The van der Waals surface area contributed by atoms with Gasteiger partial charge in [-0.05, 0) is 26.8 Å². The Morgan fingerprint density at radius 1 is 1.17 bits per heavy atom. The summed E-state index contributed by atoms with van der Waals surface area (Å²) in [6.07, 6.45) is 3.21. The fourth-order valence-electron chi connectivity index (χ4n) is 0.672. The van der Waals surface area contributed by atoms with E-state index in [2.05, 4.69) is 11.5 Å². The first-order valence-electron chi connectivity index (χ1n) is 4.20. The van der Waals surface area contributed by atoms with E-state index in [0.717, 1.165) is 0 Å². The zero-order valence-electron chi connectivity index (χ0n) is 7.96. The summed E-state index contributed by atoms with van der Waals surface area (Å²) in [5.74, 6) is 0. The molecule has 0 fully saturated rings. The maximum Gasteiger partial charge on any atom is 0.184 e. The number of hydrogen-bond donors (Lipinski definition) is 0. The molecule has 68 valence electrons. The van der Waals surface area contributed by atoms with Crippen LogP contribution in [0.15, 0.2) is 23.6 Å². The van der Waals surface area contributed by atoms with Crippen molar-refractivity contribution in [2.45, 2.75) is 27.1 Å². The highest BCUT2D eigenvalue weighted by molar-refractivity contribution is 4.87. The van der Waals surface area contributed by atoms with Crippen LogP contribution in [-0.2, 0) is 9.47 Å². The van der Waals surface area contributed by atoms with Crippen molar-refractivity contribution in [3.8, 4) is 0 Å². The molecular weight excluding hydrogens is 152 g/mol. The van der Waals surface area contributed by atoms with Gasteiger partial charge in [0.2, 0.25) is 0 Å². The van der Waals surface area contributed by atoms with Gasteiger partial charge in [-0.25, -0.2) is 0 Å². The molecule has 0 aliphatic carbocycles. The molecule has 0 aromatic rings. The molecule has 0 aromatic heterocycles. The van der Waals surface area contributed by atoms with Crippen molar-refractivity contribution in [2.75, 3.05) is 13.2 Å². The summed E-state index contributed by atoms with van der Waals surface area (Å²) in [7, 11) is 0. The second-order valence-electron chi connectivity index (χ2n) is 2.02. The van der Waals surface area contributed by atoms with Gasteiger partial charge in [0.15, 0.2) is 6.29 Å². The van der Waals surface area contributed by atoms with Crippen LogP contribution in [0.4, 0.5) is 0 Å². The van der Waals surface area contributed by atoms with Gasteiger partial charge in [0.25, 0.3) is 0 Å². The van der Waals surface area contributed by atoms with Crippen molar-refractivity contribution in [3.05, 3.63) is 23.6 Å². The van der Waals surface area contributed by atoms with E-state index >= 15 is 0 Å². The van der Waals surface area contributed by atoms with E-state index in [1.165, 1.54) is 0 Å². The highest BCUT2D eigenvalue weighted by Gasteiger charge is 1.99. The molecule has 0 aliphatic heterocycles. The molecule has 0 amide bonds. The van der Waals surface area contributed by atoms with E-state index in [-0.39, 0.29) is 6.29 Å². The van der Waals surface area contributed by atoms with Gasteiger partial charge in [0.05, 0.1) is 0 Å². The Morgan fingerprint density at radius 3 is 2.17 bits per heavy atom. The Morgan fingerprint density at radius 2 is 1.75 bits per heavy atom. The topological polar surface area (TPSA) is 18.5 Å². The average molecular weight is 168 g/mol. The largest absolute Gasteiger partial charge is 0.349 e. The monoisotopic (exact) mass is 168 g/mol. The van der Waals surface area contributed by atoms with Crippen LogP contribution in [0.5, 0.6) is 0 Å². The first kappa shape index (κ1) is 11.2. The van der Waals surface area contributed by atoms with E-state index in [0.29, 0.717) is 13.2 Å². The Hall–Kier alpha value is -0.780. The SMILES string of the molecule is CC=C=C=CC(OCC)OCC. The van der Waals surface area contributed by atoms with Crippen molar-refractivity contribution < 1.29 is 9.47 Å². The van der Waals surface area contributed by atoms with Crippen LogP contribution < -0.4 is 0 Å². The normalized spacial score (nSPS) is 9.00. The second-order valence-corrected chi connectivity index (χ2v) is 2.02. The van der Waals surface area contributed by atoms with Crippen molar-refractivity contribution in [2.24, 2.45) is 0 Å². The van der Waals surface area contributed by atoms with Gasteiger partial charge in [-0.2, -0.15) is 0 Å². The van der Waals surface area contributed by atoms with Crippen LogP contribution in [0.3, 0.4) is 0 Å². The van der Waals surface area contributed by atoms with Gasteiger partial charge in [-0.3, -0.25) is 0 Å². The molecule has 0 heterocycles. The lowest BCUT2D eigenvalue weighted by Gasteiger charge is -2.10. The third-order valence-electron chi connectivity index (χ3n) is 1.11. The zero-order chi connectivity index (χ0) is 9.23. The van der Waals surface area contributed by atoms with E-state index in [4.69, 9.17) is 9.47 Å². The Labute approximate surface area is 74.2 Å². The first-order valence-corrected chi connectivity index (χ1v) is 4.20. The molecule has 2 nitrogen and oxygen atoms in total. The molecule has 0 saturated heterocycles. The molecule has 0 saturated carbocycles. The highest BCUT2D eigenvalue weighted by atomic mass is 16.7. The third kappa shape index (κ3) is 5.96. The van der Waals surface area contributed by atoms with Crippen molar-refractivity contribution >= 4 is 0 Å². The van der Waals surface area contributed by atoms with Crippen LogP contribution in [0.25, 0.3) is 0 Å². The molecule has 0 aliphatic rings. The molecule has 0 radical (unpaired) electrons. The Kier molecular flexibility index (Phi) is 7.78. The second kappa shape index (κ2) is 8.32. The molecular formula is C10H16O2. The highest BCUT2D eigenvalue weighted by Crippen LogP contribution is 1.95. The minimum atomic E-state index is -0.285. The minimum absolute atomic E-state index is 0.285. The minimum Gasteiger partial charge on any atom is -0.349 e. The molecule has 0 N–H and O–H groups in total. The molecule has 12 heavy (non-hydrogen) atoms. The zero-order valence-corrected chi connectivity index (χ0v) is 7.96. The number of allylic oxidation sites excluding steroid dienone is 1. The van der Waals surface area contributed by atoms with E-state index in [1.54, 1.807) is 12.2 Å². The Balaban J connectivity index is 4.02. The van der Waals surface area contributed by atoms with Crippen LogP contribution in [-0.4, -0.2) is 19.5 Å². The van der Waals surface area contributed by atoms with Crippen molar-refractivity contribution in [3.63, 3.8) is 0 Å². The molecule has 0 atom stereocenters. The fourth-order valence-corrected chi connectivity index (χ4v) is 0.672. The predicted molar refractivity (Wildman–Crippen MR) is 48.9 cm³/mol. The lowest BCUT2D eigenvalue weighted by Crippen LogP contribution is -2.13. The maximum absolute atomic E-state index is 5.23. The van der Waals surface area contributed by atoms with Crippen molar-refractivity contribution in [1.82, 2.24) is 0 Å². The standard InChI is InChI=1S/C10H16O2/c1-4-7-8-9-10(11-5-2)12-6-3/h4,9-10H,5-6H2,1-3H3. The van der Waals surface area contributed by atoms with Crippen LogP contribution >= 0.6 is 0 Å². The van der Waals surface area contributed by atoms with Gasteiger partial charge in [-0.1, -0.05) is 11.5 Å².